The molecule has 1 saturated heterocycles. The third-order valence-electron chi connectivity index (χ3n) is 5.34. The van der Waals surface area contributed by atoms with Crippen LogP contribution in [0.25, 0.3) is 0 Å². The van der Waals surface area contributed by atoms with Gasteiger partial charge < -0.3 is 14.7 Å². The molecule has 0 spiro atoms. The highest BCUT2D eigenvalue weighted by atomic mass is 16.5. The summed E-state index contributed by atoms with van der Waals surface area (Å²) in [5, 5.41) is 7.56. The maximum Gasteiger partial charge on any atom is 0.193 e. The van der Waals surface area contributed by atoms with Gasteiger partial charge in [0.25, 0.3) is 0 Å². The maximum absolute atomic E-state index is 4.92. The summed E-state index contributed by atoms with van der Waals surface area (Å²) in [5.41, 5.74) is 2.33. The van der Waals surface area contributed by atoms with Gasteiger partial charge in [0, 0.05) is 65.0 Å². The number of hydrogen-bond donors (Lipinski definition) is 1. The van der Waals surface area contributed by atoms with E-state index in [4.69, 9.17) is 4.52 Å². The second-order valence-corrected chi connectivity index (χ2v) is 7.43. The molecule has 2 aromatic rings. The van der Waals surface area contributed by atoms with Crippen LogP contribution in [0, 0.1) is 0 Å². The Kier molecular flexibility index (Phi) is 7.45. The van der Waals surface area contributed by atoms with Crippen LogP contribution in [0.2, 0.25) is 0 Å². The summed E-state index contributed by atoms with van der Waals surface area (Å²) in [5.74, 6) is 0.987. The van der Waals surface area contributed by atoms with Crippen molar-refractivity contribution in [3.8, 4) is 0 Å². The van der Waals surface area contributed by atoms with Crippen molar-refractivity contribution in [1.29, 1.82) is 0 Å². The Balaban J connectivity index is 1.41. The van der Waals surface area contributed by atoms with E-state index >= 15 is 0 Å². The fourth-order valence-corrected chi connectivity index (χ4v) is 3.42. The van der Waals surface area contributed by atoms with Gasteiger partial charge >= 0.3 is 0 Å². The lowest BCUT2D eigenvalue weighted by atomic mass is 10.2. The molecule has 1 aliphatic rings. The van der Waals surface area contributed by atoms with Crippen molar-refractivity contribution in [2.45, 2.75) is 26.1 Å². The van der Waals surface area contributed by atoms with Crippen LogP contribution >= 0.6 is 0 Å². The minimum Gasteiger partial charge on any atom is -0.364 e. The number of benzene rings is 1. The van der Waals surface area contributed by atoms with Crippen molar-refractivity contribution >= 4 is 5.96 Å². The van der Waals surface area contributed by atoms with Crippen LogP contribution in [0.3, 0.4) is 0 Å². The lowest BCUT2D eigenvalue weighted by Gasteiger charge is -2.36. The highest BCUT2D eigenvalue weighted by Crippen LogP contribution is 2.08. The van der Waals surface area contributed by atoms with E-state index in [0.29, 0.717) is 6.04 Å². The number of aromatic nitrogens is 1. The summed E-state index contributed by atoms with van der Waals surface area (Å²) in [6.45, 7) is 8.83. The molecule has 0 aliphatic carbocycles. The average Bonchev–Trinajstić information content (AvgIpc) is 3.23. The van der Waals surface area contributed by atoms with Crippen LogP contribution in [-0.4, -0.2) is 78.7 Å². The summed E-state index contributed by atoms with van der Waals surface area (Å²) >= 11 is 0. The monoisotopic (exact) mass is 384 g/mol. The summed E-state index contributed by atoms with van der Waals surface area (Å²) < 4.78 is 4.92. The Bertz CT molecular complexity index is 710. The number of nitrogens with zero attached hydrogens (tertiary/aromatic N) is 5. The first-order chi connectivity index (χ1) is 13.7. The van der Waals surface area contributed by atoms with E-state index < -0.39 is 0 Å². The number of nitrogens with one attached hydrogen (secondary N) is 1. The van der Waals surface area contributed by atoms with Gasteiger partial charge in [0.15, 0.2) is 5.96 Å². The van der Waals surface area contributed by atoms with E-state index in [1.807, 2.05) is 13.1 Å². The van der Waals surface area contributed by atoms with Crippen molar-refractivity contribution in [2.75, 3.05) is 46.8 Å². The summed E-state index contributed by atoms with van der Waals surface area (Å²) in [6.07, 6.45) is 1.63. The highest BCUT2D eigenvalue weighted by Gasteiger charge is 2.21. The summed E-state index contributed by atoms with van der Waals surface area (Å²) in [4.78, 5) is 11.6. The molecule has 3 rings (SSSR count). The molecule has 2 heterocycles. The topological polar surface area (TPSA) is 60.1 Å². The molecule has 0 amide bonds. The van der Waals surface area contributed by atoms with Crippen LogP contribution in [0.15, 0.2) is 52.2 Å². The second kappa shape index (κ2) is 10.2. The molecule has 1 aromatic carbocycles. The summed E-state index contributed by atoms with van der Waals surface area (Å²) in [6, 6.07) is 12.9. The fourth-order valence-electron chi connectivity index (χ4n) is 3.42. The van der Waals surface area contributed by atoms with Crippen LogP contribution in [0.1, 0.15) is 18.2 Å². The van der Waals surface area contributed by atoms with E-state index in [1.54, 1.807) is 6.26 Å². The molecule has 0 radical (unpaired) electrons. The van der Waals surface area contributed by atoms with E-state index in [9.17, 15) is 0 Å². The largest absolute Gasteiger partial charge is 0.364 e. The number of hydrogen-bond acceptors (Lipinski definition) is 5. The molecule has 1 atom stereocenters. The van der Waals surface area contributed by atoms with Crippen molar-refractivity contribution in [2.24, 2.45) is 4.99 Å². The van der Waals surface area contributed by atoms with Gasteiger partial charge in [-0.3, -0.25) is 14.8 Å². The van der Waals surface area contributed by atoms with Gasteiger partial charge in [0.2, 0.25) is 0 Å². The minimum atomic E-state index is 0.408. The van der Waals surface area contributed by atoms with Gasteiger partial charge in [-0.2, -0.15) is 0 Å². The van der Waals surface area contributed by atoms with Crippen LogP contribution in [-0.2, 0) is 13.1 Å². The van der Waals surface area contributed by atoms with Gasteiger partial charge in [0.1, 0.15) is 6.26 Å². The van der Waals surface area contributed by atoms with Gasteiger partial charge in [-0.05, 0) is 19.5 Å². The number of likely N-dealkylation sites (N-methyl/N-ethyl adjacent to an activating group) is 1. The van der Waals surface area contributed by atoms with E-state index in [2.05, 4.69) is 74.5 Å². The Labute approximate surface area is 168 Å². The zero-order valence-corrected chi connectivity index (χ0v) is 17.2. The zero-order valence-electron chi connectivity index (χ0n) is 17.2. The molecule has 28 heavy (non-hydrogen) atoms. The molecule has 1 unspecified atom stereocenters. The number of guanidine groups is 1. The molecule has 7 nitrogen and oxygen atoms in total. The van der Waals surface area contributed by atoms with Gasteiger partial charge in [-0.1, -0.05) is 35.5 Å². The van der Waals surface area contributed by atoms with Gasteiger partial charge in [-0.25, -0.2) is 0 Å². The first kappa shape index (κ1) is 20.4. The van der Waals surface area contributed by atoms with E-state index in [-0.39, 0.29) is 0 Å². The van der Waals surface area contributed by atoms with E-state index in [1.165, 1.54) is 5.56 Å². The van der Waals surface area contributed by atoms with Crippen LogP contribution < -0.4 is 5.32 Å². The average molecular weight is 385 g/mol. The molecule has 1 fully saturated rings. The fraction of sp³-hybridized carbons (Fsp3) is 0.524. The summed E-state index contributed by atoms with van der Waals surface area (Å²) in [7, 11) is 4.03. The quantitative estimate of drug-likeness (QED) is 0.581. The van der Waals surface area contributed by atoms with Crippen molar-refractivity contribution < 1.29 is 4.52 Å². The first-order valence-electron chi connectivity index (χ1n) is 9.97. The third kappa shape index (κ3) is 5.81. The van der Waals surface area contributed by atoms with Gasteiger partial charge in [0.05, 0.1) is 5.69 Å². The van der Waals surface area contributed by atoms with Crippen LogP contribution in [0.4, 0.5) is 0 Å². The normalized spacial score (nSPS) is 17.1. The van der Waals surface area contributed by atoms with Crippen LogP contribution in [0.5, 0.6) is 0 Å². The SMILES string of the molecule is CN=C(NCC(C)N(C)Cc1ccccc1)N1CCN(Cc2ccon2)CC1. The molecular weight excluding hydrogens is 352 g/mol. The minimum absolute atomic E-state index is 0.408. The molecule has 7 heteroatoms. The maximum atomic E-state index is 4.92. The Morgan fingerprint density at radius 1 is 1.21 bits per heavy atom. The van der Waals surface area contributed by atoms with E-state index in [0.717, 1.165) is 57.5 Å². The molecule has 1 aromatic heterocycles. The third-order valence-corrected chi connectivity index (χ3v) is 5.34. The van der Waals surface area contributed by atoms with Crippen molar-refractivity contribution in [1.82, 2.24) is 25.2 Å². The molecule has 0 bridgehead atoms. The van der Waals surface area contributed by atoms with Crippen molar-refractivity contribution in [3.05, 3.63) is 53.9 Å². The lowest BCUT2D eigenvalue weighted by Crippen LogP contribution is -2.53. The first-order valence-corrected chi connectivity index (χ1v) is 9.97. The number of piperazine rings is 1. The Morgan fingerprint density at radius 3 is 2.61 bits per heavy atom. The highest BCUT2D eigenvalue weighted by molar-refractivity contribution is 5.80. The zero-order chi connectivity index (χ0) is 19.8. The molecule has 152 valence electrons. The Morgan fingerprint density at radius 2 is 1.96 bits per heavy atom. The number of aliphatic imine (C=N–C) groups is 1. The number of rotatable bonds is 7. The standard InChI is InChI=1S/C21H32N6O/c1-18(25(3)16-19-7-5-4-6-8-19)15-23-21(22-2)27-12-10-26(11-13-27)17-20-9-14-28-24-20/h4-9,14,18H,10-13,15-17H2,1-3H3,(H,22,23). The Hall–Kier alpha value is -2.38. The smallest absolute Gasteiger partial charge is 0.193 e. The molecule has 0 saturated carbocycles. The molecule has 1 N–H and O–H groups in total. The predicted molar refractivity (Wildman–Crippen MR) is 112 cm³/mol. The predicted octanol–water partition coefficient (Wildman–Crippen LogP) is 1.89. The van der Waals surface area contributed by atoms with Gasteiger partial charge in [-0.15, -0.1) is 0 Å². The lowest BCUT2D eigenvalue weighted by molar-refractivity contribution is 0.168. The second-order valence-electron chi connectivity index (χ2n) is 7.43. The molecule has 1 aliphatic heterocycles. The molecular formula is C21H32N6O. The van der Waals surface area contributed by atoms with Crippen molar-refractivity contribution in [3.63, 3.8) is 0 Å².